The molecule has 2 aromatic carbocycles. The molecule has 34 heavy (non-hydrogen) atoms. The van der Waals surface area contributed by atoms with Crippen molar-refractivity contribution in [1.82, 2.24) is 5.32 Å². The number of aliphatic hydroxyl groups is 1. The first-order valence-electron chi connectivity index (χ1n) is 12.1. The number of rotatable bonds is 6. The van der Waals surface area contributed by atoms with Crippen LogP contribution in [-0.2, 0) is 9.53 Å². The van der Waals surface area contributed by atoms with E-state index in [9.17, 15) is 14.7 Å². The van der Waals surface area contributed by atoms with Crippen LogP contribution in [0.4, 0.5) is 16.2 Å². The van der Waals surface area contributed by atoms with Crippen molar-refractivity contribution in [3.63, 3.8) is 0 Å². The summed E-state index contributed by atoms with van der Waals surface area (Å²) in [5, 5.41) is 18.7. The summed E-state index contributed by atoms with van der Waals surface area (Å²) < 4.78 is 12.2. The van der Waals surface area contributed by atoms with Gasteiger partial charge in [-0.05, 0) is 49.6 Å². The molecule has 4 N–H and O–H groups in total. The molecular formula is C26H31N3O5. The van der Waals surface area contributed by atoms with Crippen LogP contribution in [0.1, 0.15) is 50.0 Å². The lowest BCUT2D eigenvalue weighted by Crippen LogP contribution is -2.47. The summed E-state index contributed by atoms with van der Waals surface area (Å²) >= 11 is 0. The van der Waals surface area contributed by atoms with Crippen LogP contribution in [0.5, 0.6) is 5.75 Å². The second kappa shape index (κ2) is 10.0. The quantitative estimate of drug-likeness (QED) is 0.519. The van der Waals surface area contributed by atoms with Gasteiger partial charge in [-0.3, -0.25) is 4.79 Å². The van der Waals surface area contributed by atoms with Crippen LogP contribution in [0.2, 0.25) is 0 Å². The Balaban J connectivity index is 1.26. The normalized spacial score (nSPS) is 25.7. The van der Waals surface area contributed by atoms with Gasteiger partial charge in [-0.25, -0.2) is 4.79 Å². The summed E-state index contributed by atoms with van der Waals surface area (Å²) in [5.74, 6) is 0.699. The van der Waals surface area contributed by atoms with Crippen LogP contribution >= 0.6 is 0 Å². The van der Waals surface area contributed by atoms with Crippen LogP contribution in [0.25, 0.3) is 0 Å². The number of hydrogen-bond acceptors (Lipinski definition) is 5. The fourth-order valence-corrected chi connectivity index (χ4v) is 5.35. The summed E-state index contributed by atoms with van der Waals surface area (Å²) in [5.41, 5.74) is 2.32. The minimum Gasteiger partial charge on any atom is -0.487 e. The van der Waals surface area contributed by atoms with E-state index in [0.29, 0.717) is 17.8 Å². The van der Waals surface area contributed by atoms with Gasteiger partial charge in [-0.2, -0.15) is 0 Å². The van der Waals surface area contributed by atoms with Crippen molar-refractivity contribution >= 4 is 23.3 Å². The molecule has 3 aliphatic rings. The van der Waals surface area contributed by atoms with E-state index in [1.165, 1.54) is 0 Å². The Morgan fingerprint density at radius 2 is 1.76 bits per heavy atom. The van der Waals surface area contributed by atoms with Gasteiger partial charge in [-0.15, -0.1) is 0 Å². The summed E-state index contributed by atoms with van der Waals surface area (Å²) in [6, 6.07) is 14.7. The molecule has 4 atom stereocenters. The summed E-state index contributed by atoms with van der Waals surface area (Å²) in [4.78, 5) is 25.0. The number of benzene rings is 2. The molecule has 0 spiro atoms. The van der Waals surface area contributed by atoms with Crippen molar-refractivity contribution in [2.45, 2.75) is 68.8 Å². The van der Waals surface area contributed by atoms with Crippen LogP contribution in [0.3, 0.4) is 0 Å². The van der Waals surface area contributed by atoms with Gasteiger partial charge in [-0.1, -0.05) is 31.0 Å². The molecule has 1 aliphatic carbocycles. The van der Waals surface area contributed by atoms with Crippen LogP contribution < -0.4 is 20.7 Å². The van der Waals surface area contributed by atoms with E-state index in [-0.39, 0.29) is 49.1 Å². The van der Waals surface area contributed by atoms with Crippen molar-refractivity contribution < 1.29 is 24.2 Å². The molecule has 0 bridgehead atoms. The molecule has 8 nitrogen and oxygen atoms in total. The third kappa shape index (κ3) is 5.03. The van der Waals surface area contributed by atoms with E-state index in [2.05, 4.69) is 16.0 Å². The molecule has 8 heteroatoms. The Morgan fingerprint density at radius 3 is 2.53 bits per heavy atom. The van der Waals surface area contributed by atoms with Crippen molar-refractivity contribution in [2.75, 3.05) is 17.2 Å². The van der Waals surface area contributed by atoms with Gasteiger partial charge in [0.25, 0.3) is 0 Å². The highest BCUT2D eigenvalue weighted by Gasteiger charge is 2.46. The second-order valence-electron chi connectivity index (χ2n) is 9.35. The predicted molar refractivity (Wildman–Crippen MR) is 128 cm³/mol. The van der Waals surface area contributed by atoms with Gasteiger partial charge in [0.15, 0.2) is 0 Å². The third-order valence-electron chi connectivity index (χ3n) is 6.92. The fraction of sp³-hybridized carbons (Fsp3) is 0.462. The minimum atomic E-state index is -0.506. The molecule has 5 rings (SSSR count). The molecule has 2 aliphatic heterocycles. The number of aliphatic hydroxyl groups excluding tert-OH is 1. The number of carbonyl (C=O) groups excluding carboxylic acids is 2. The number of hydrogen-bond donors (Lipinski definition) is 4. The Kier molecular flexibility index (Phi) is 6.69. The number of carbonyl (C=O) groups is 2. The molecule has 0 unspecified atom stereocenters. The number of fused-ring (bicyclic) bond motifs is 3. The van der Waals surface area contributed by atoms with Gasteiger partial charge >= 0.3 is 6.03 Å². The minimum absolute atomic E-state index is 0.000760. The van der Waals surface area contributed by atoms with E-state index < -0.39 is 6.10 Å². The largest absolute Gasteiger partial charge is 0.487 e. The molecule has 0 aromatic heterocycles. The van der Waals surface area contributed by atoms with Gasteiger partial charge in [0.05, 0.1) is 19.1 Å². The molecule has 2 heterocycles. The topological polar surface area (TPSA) is 109 Å². The summed E-state index contributed by atoms with van der Waals surface area (Å²) in [7, 11) is 0. The Morgan fingerprint density at radius 1 is 1.00 bits per heavy atom. The number of amides is 3. The lowest BCUT2D eigenvalue weighted by Gasteiger charge is -2.37. The van der Waals surface area contributed by atoms with Crippen LogP contribution in [0, 0.1) is 0 Å². The molecule has 3 amide bonds. The summed E-state index contributed by atoms with van der Waals surface area (Å²) in [6.45, 7) is -0.180. The number of para-hydroxylation sites is 1. The zero-order chi connectivity index (χ0) is 23.5. The second-order valence-corrected chi connectivity index (χ2v) is 9.35. The SMILES string of the molecule is O=C(C[C@@H]1C[C@H]2c3cc(NC(=O)Nc4ccccc4)ccc3O[C@H]2[C@H](CO)O1)NC1CCCC1. The number of nitrogens with one attached hydrogen (secondary N) is 3. The first-order chi connectivity index (χ1) is 16.6. The highest BCUT2D eigenvalue weighted by Crippen LogP contribution is 2.47. The van der Waals surface area contributed by atoms with E-state index in [0.717, 1.165) is 37.0 Å². The summed E-state index contributed by atoms with van der Waals surface area (Å²) in [6.07, 6.45) is 4.16. The lowest BCUT2D eigenvalue weighted by atomic mass is 9.84. The monoisotopic (exact) mass is 465 g/mol. The van der Waals surface area contributed by atoms with Crippen LogP contribution in [0.15, 0.2) is 48.5 Å². The standard InChI is InChI=1S/C26H31N3O5/c30-15-23-25-21(13-19(33-23)14-24(31)27-16-8-4-5-9-16)20-12-18(10-11-22(20)34-25)29-26(32)28-17-6-2-1-3-7-17/h1-3,6-7,10-12,16,19,21,23,25,30H,4-5,8-9,13-15H2,(H,27,31)(H2,28,29,32)/t19-,21-,23-,25+/m0/s1. The Labute approximate surface area is 199 Å². The number of urea groups is 1. The maximum atomic E-state index is 12.6. The predicted octanol–water partition coefficient (Wildman–Crippen LogP) is 3.77. The fourth-order valence-electron chi connectivity index (χ4n) is 5.35. The molecule has 180 valence electrons. The van der Waals surface area contributed by atoms with Gasteiger partial charge in [0, 0.05) is 28.9 Å². The number of ether oxygens (including phenoxy) is 2. The highest BCUT2D eigenvalue weighted by atomic mass is 16.6. The molecule has 1 saturated carbocycles. The third-order valence-corrected chi connectivity index (χ3v) is 6.92. The van der Waals surface area contributed by atoms with Crippen molar-refractivity contribution in [1.29, 1.82) is 0 Å². The lowest BCUT2D eigenvalue weighted by molar-refractivity contribution is -0.142. The van der Waals surface area contributed by atoms with Crippen molar-refractivity contribution in [2.24, 2.45) is 0 Å². The first-order valence-corrected chi connectivity index (χ1v) is 12.1. The van der Waals surface area contributed by atoms with Crippen LogP contribution in [-0.4, -0.2) is 48.0 Å². The van der Waals surface area contributed by atoms with E-state index in [4.69, 9.17) is 9.47 Å². The van der Waals surface area contributed by atoms with Gasteiger partial charge in [0.2, 0.25) is 5.91 Å². The van der Waals surface area contributed by atoms with Crippen molar-refractivity contribution in [3.8, 4) is 5.75 Å². The van der Waals surface area contributed by atoms with E-state index in [1.807, 2.05) is 42.5 Å². The first kappa shape index (κ1) is 22.7. The Hall–Kier alpha value is -3.10. The highest BCUT2D eigenvalue weighted by molar-refractivity contribution is 5.99. The molecule has 0 radical (unpaired) electrons. The zero-order valence-corrected chi connectivity index (χ0v) is 19.0. The van der Waals surface area contributed by atoms with Gasteiger partial charge < -0.3 is 30.5 Å². The van der Waals surface area contributed by atoms with E-state index >= 15 is 0 Å². The molecule has 2 aromatic rings. The van der Waals surface area contributed by atoms with Crippen molar-refractivity contribution in [3.05, 3.63) is 54.1 Å². The number of anilines is 2. The van der Waals surface area contributed by atoms with E-state index in [1.54, 1.807) is 6.07 Å². The zero-order valence-electron chi connectivity index (χ0n) is 19.0. The average molecular weight is 466 g/mol. The van der Waals surface area contributed by atoms with Gasteiger partial charge in [0.1, 0.15) is 18.0 Å². The average Bonchev–Trinajstić information content (AvgIpc) is 3.46. The Bertz CT molecular complexity index is 1020. The maximum Gasteiger partial charge on any atom is 0.323 e. The maximum absolute atomic E-state index is 12.6. The molecule has 2 fully saturated rings. The smallest absolute Gasteiger partial charge is 0.323 e. The molecule has 1 saturated heterocycles. The molecular weight excluding hydrogens is 434 g/mol.